The Morgan fingerprint density at radius 3 is 2.58 bits per heavy atom. The van der Waals surface area contributed by atoms with Gasteiger partial charge in [0, 0.05) is 24.1 Å². The summed E-state index contributed by atoms with van der Waals surface area (Å²) < 4.78 is 17.5. The Morgan fingerprint density at radius 2 is 1.86 bits per heavy atom. The summed E-state index contributed by atoms with van der Waals surface area (Å²) in [5, 5.41) is 13.9. The van der Waals surface area contributed by atoms with Crippen molar-refractivity contribution in [1.82, 2.24) is 14.7 Å². The van der Waals surface area contributed by atoms with E-state index in [1.54, 1.807) is 41.1 Å². The SMILES string of the molecule is CC(C)CC1CCCCN1C(=O)c1cccc(-c2cccc(-n3ncc(C(=O)O)c3C3CC3)c2)c1F. The smallest absolute Gasteiger partial charge is 0.339 e. The van der Waals surface area contributed by atoms with E-state index in [0.717, 1.165) is 38.5 Å². The number of hydrogen-bond acceptors (Lipinski definition) is 3. The second-order valence-electron chi connectivity index (χ2n) is 10.4. The third-order valence-corrected chi connectivity index (χ3v) is 7.26. The Hall–Kier alpha value is -3.48. The van der Waals surface area contributed by atoms with Crippen molar-refractivity contribution in [3.05, 3.63) is 71.3 Å². The quantitative estimate of drug-likeness (QED) is 0.423. The van der Waals surface area contributed by atoms with E-state index in [4.69, 9.17) is 0 Å². The fraction of sp³-hybridized carbons (Fsp3) is 0.414. The van der Waals surface area contributed by atoms with Crippen LogP contribution >= 0.6 is 0 Å². The van der Waals surface area contributed by atoms with Gasteiger partial charge in [-0.05, 0) is 68.2 Å². The summed E-state index contributed by atoms with van der Waals surface area (Å²) >= 11 is 0. The highest BCUT2D eigenvalue weighted by Crippen LogP contribution is 2.42. The monoisotopic (exact) mass is 489 g/mol. The molecule has 5 rings (SSSR count). The van der Waals surface area contributed by atoms with Gasteiger partial charge in [0.1, 0.15) is 11.4 Å². The maximum absolute atomic E-state index is 15.9. The van der Waals surface area contributed by atoms with Crippen molar-refractivity contribution in [2.75, 3.05) is 6.54 Å². The van der Waals surface area contributed by atoms with Crippen LogP contribution in [0.4, 0.5) is 4.39 Å². The summed E-state index contributed by atoms with van der Waals surface area (Å²) in [6, 6.07) is 12.4. The van der Waals surface area contributed by atoms with Crippen LogP contribution in [-0.4, -0.2) is 44.3 Å². The Balaban J connectivity index is 1.49. The van der Waals surface area contributed by atoms with Crippen LogP contribution in [0.3, 0.4) is 0 Å². The summed E-state index contributed by atoms with van der Waals surface area (Å²) in [7, 11) is 0. The lowest BCUT2D eigenvalue weighted by atomic mass is 9.93. The van der Waals surface area contributed by atoms with Crippen molar-refractivity contribution in [2.45, 2.75) is 64.3 Å². The van der Waals surface area contributed by atoms with Crippen LogP contribution in [0.2, 0.25) is 0 Å². The molecule has 1 saturated heterocycles. The fourth-order valence-electron chi connectivity index (χ4n) is 5.42. The number of carboxylic acids is 1. The molecule has 7 heteroatoms. The molecule has 6 nitrogen and oxygen atoms in total. The number of carbonyl (C=O) groups excluding carboxylic acids is 1. The van der Waals surface area contributed by atoms with Crippen LogP contribution in [-0.2, 0) is 0 Å². The van der Waals surface area contributed by atoms with Crippen molar-refractivity contribution in [2.24, 2.45) is 5.92 Å². The first-order valence-corrected chi connectivity index (χ1v) is 12.9. The van der Waals surface area contributed by atoms with Gasteiger partial charge >= 0.3 is 5.97 Å². The molecule has 2 aromatic carbocycles. The van der Waals surface area contributed by atoms with Gasteiger partial charge in [-0.25, -0.2) is 13.9 Å². The molecule has 2 aliphatic rings. The maximum atomic E-state index is 15.9. The summed E-state index contributed by atoms with van der Waals surface area (Å²) in [5.74, 6) is -1.13. The number of piperidine rings is 1. The van der Waals surface area contributed by atoms with Gasteiger partial charge in [-0.15, -0.1) is 0 Å². The minimum atomic E-state index is -0.995. The Morgan fingerprint density at radius 1 is 1.08 bits per heavy atom. The molecule has 1 unspecified atom stereocenters. The molecule has 0 spiro atoms. The van der Waals surface area contributed by atoms with E-state index < -0.39 is 11.8 Å². The van der Waals surface area contributed by atoms with Crippen molar-refractivity contribution in [3.8, 4) is 16.8 Å². The summed E-state index contributed by atoms with van der Waals surface area (Å²) in [6.45, 7) is 4.96. The van der Waals surface area contributed by atoms with E-state index >= 15 is 4.39 Å². The van der Waals surface area contributed by atoms with Crippen LogP contribution in [0, 0.1) is 11.7 Å². The molecule has 1 aliphatic carbocycles. The van der Waals surface area contributed by atoms with Gasteiger partial charge in [-0.3, -0.25) is 4.79 Å². The molecule has 1 amide bonds. The number of carboxylic acid groups (broad SMARTS) is 1. The minimum absolute atomic E-state index is 0.0967. The standard InChI is InChI=1S/C29H32FN3O3/c1-18(2)15-21-8-3-4-14-32(21)28(34)24-11-6-10-23(26(24)30)20-7-5-9-22(16-20)33-27(19-12-13-19)25(17-31-33)29(35)36/h5-7,9-11,16-19,21H,3-4,8,12-15H2,1-2H3,(H,35,36). The average Bonchev–Trinajstić information content (AvgIpc) is 3.61. The van der Waals surface area contributed by atoms with Gasteiger partial charge < -0.3 is 10.0 Å². The molecular weight excluding hydrogens is 457 g/mol. The molecule has 0 bridgehead atoms. The van der Waals surface area contributed by atoms with Crippen molar-refractivity contribution in [3.63, 3.8) is 0 Å². The van der Waals surface area contributed by atoms with Gasteiger partial charge in [0.05, 0.1) is 23.1 Å². The zero-order valence-corrected chi connectivity index (χ0v) is 20.8. The van der Waals surface area contributed by atoms with Gasteiger partial charge in [-0.2, -0.15) is 5.10 Å². The second-order valence-corrected chi connectivity index (χ2v) is 10.4. The zero-order chi connectivity index (χ0) is 25.4. The highest BCUT2D eigenvalue weighted by molar-refractivity contribution is 5.96. The molecule has 2 fully saturated rings. The molecule has 3 aromatic rings. The Labute approximate surface area is 210 Å². The van der Waals surface area contributed by atoms with E-state index in [-0.39, 0.29) is 29.0 Å². The number of nitrogens with zero attached hydrogens (tertiary/aromatic N) is 3. The number of halogens is 1. The molecular formula is C29H32FN3O3. The molecule has 1 atom stereocenters. The first-order valence-electron chi connectivity index (χ1n) is 12.9. The molecule has 2 heterocycles. The van der Waals surface area contributed by atoms with Crippen LogP contribution < -0.4 is 0 Å². The van der Waals surface area contributed by atoms with Gasteiger partial charge in [0.15, 0.2) is 0 Å². The normalized spacial score (nSPS) is 18.0. The topological polar surface area (TPSA) is 75.4 Å². The Kier molecular flexibility index (Phi) is 6.65. The van der Waals surface area contributed by atoms with Gasteiger partial charge in [0.2, 0.25) is 0 Å². The van der Waals surface area contributed by atoms with E-state index in [0.29, 0.717) is 35.0 Å². The number of aromatic nitrogens is 2. The molecule has 188 valence electrons. The van der Waals surface area contributed by atoms with Crippen LogP contribution in [0.15, 0.2) is 48.7 Å². The van der Waals surface area contributed by atoms with Crippen LogP contribution in [0.25, 0.3) is 16.8 Å². The average molecular weight is 490 g/mol. The molecule has 0 radical (unpaired) electrons. The summed E-state index contributed by atoms with van der Waals surface area (Å²) in [5.41, 5.74) is 2.62. The predicted molar refractivity (Wildman–Crippen MR) is 136 cm³/mol. The van der Waals surface area contributed by atoms with E-state index in [1.165, 1.54) is 6.20 Å². The molecule has 1 aliphatic heterocycles. The number of aromatic carboxylic acids is 1. The van der Waals surface area contributed by atoms with Crippen LogP contribution in [0.1, 0.15) is 84.7 Å². The third-order valence-electron chi connectivity index (χ3n) is 7.26. The first-order chi connectivity index (χ1) is 17.3. The number of hydrogen-bond donors (Lipinski definition) is 1. The molecule has 1 N–H and O–H groups in total. The van der Waals surface area contributed by atoms with E-state index in [1.807, 2.05) is 11.0 Å². The second kappa shape index (κ2) is 9.88. The zero-order valence-electron chi connectivity index (χ0n) is 20.8. The van der Waals surface area contributed by atoms with Gasteiger partial charge in [0.25, 0.3) is 5.91 Å². The van der Waals surface area contributed by atoms with Gasteiger partial charge in [-0.1, -0.05) is 38.1 Å². The van der Waals surface area contributed by atoms with Crippen molar-refractivity contribution >= 4 is 11.9 Å². The third kappa shape index (κ3) is 4.66. The number of likely N-dealkylation sites (tertiary alicyclic amines) is 1. The lowest BCUT2D eigenvalue weighted by Crippen LogP contribution is -2.44. The first kappa shape index (κ1) is 24.2. The van der Waals surface area contributed by atoms with Crippen molar-refractivity contribution in [1.29, 1.82) is 0 Å². The fourth-order valence-corrected chi connectivity index (χ4v) is 5.42. The predicted octanol–water partition coefficient (Wildman–Crippen LogP) is 6.29. The molecule has 36 heavy (non-hydrogen) atoms. The highest BCUT2D eigenvalue weighted by atomic mass is 19.1. The number of carbonyl (C=O) groups is 2. The molecule has 1 saturated carbocycles. The van der Waals surface area contributed by atoms with E-state index in [9.17, 15) is 14.7 Å². The maximum Gasteiger partial charge on any atom is 0.339 e. The van der Waals surface area contributed by atoms with Crippen molar-refractivity contribution < 1.29 is 19.1 Å². The molecule has 1 aromatic heterocycles. The lowest BCUT2D eigenvalue weighted by Gasteiger charge is -2.37. The van der Waals surface area contributed by atoms with E-state index in [2.05, 4.69) is 18.9 Å². The number of rotatable bonds is 7. The highest BCUT2D eigenvalue weighted by Gasteiger charge is 2.33. The summed E-state index contributed by atoms with van der Waals surface area (Å²) in [4.78, 5) is 27.1. The van der Waals surface area contributed by atoms with Crippen LogP contribution in [0.5, 0.6) is 0 Å². The lowest BCUT2D eigenvalue weighted by molar-refractivity contribution is 0.0579. The Bertz CT molecular complexity index is 1290. The largest absolute Gasteiger partial charge is 0.478 e. The number of amides is 1. The minimum Gasteiger partial charge on any atom is -0.478 e. The summed E-state index contributed by atoms with van der Waals surface area (Å²) in [6.07, 6.45) is 7.15. The number of benzene rings is 2.